The average molecular weight is 213 g/mol. The molecule has 0 saturated carbocycles. The number of rotatable bonds is 6. The standard InChI is InChI=1S/C13H27NO/c1-10(2)5-6-11(3)14-12(4)13-7-8-15-9-13/h10-14H,5-9H2,1-4H3. The Morgan fingerprint density at radius 2 is 1.93 bits per heavy atom. The molecule has 0 aromatic carbocycles. The average Bonchev–Trinajstić information content (AvgIpc) is 2.67. The maximum atomic E-state index is 5.42. The van der Waals surface area contributed by atoms with Crippen LogP contribution in [0, 0.1) is 11.8 Å². The van der Waals surface area contributed by atoms with E-state index in [2.05, 4.69) is 33.0 Å². The van der Waals surface area contributed by atoms with Crippen molar-refractivity contribution in [2.75, 3.05) is 13.2 Å². The topological polar surface area (TPSA) is 21.3 Å². The van der Waals surface area contributed by atoms with E-state index in [4.69, 9.17) is 4.74 Å². The van der Waals surface area contributed by atoms with Crippen molar-refractivity contribution in [3.8, 4) is 0 Å². The molecule has 0 amide bonds. The van der Waals surface area contributed by atoms with E-state index in [1.165, 1.54) is 19.3 Å². The van der Waals surface area contributed by atoms with Crippen LogP contribution in [0.3, 0.4) is 0 Å². The van der Waals surface area contributed by atoms with Crippen LogP contribution in [0.1, 0.15) is 47.0 Å². The molecule has 1 aliphatic heterocycles. The summed E-state index contributed by atoms with van der Waals surface area (Å²) in [7, 11) is 0. The fourth-order valence-electron chi connectivity index (χ4n) is 2.20. The summed E-state index contributed by atoms with van der Waals surface area (Å²) in [6.45, 7) is 11.1. The number of nitrogens with one attached hydrogen (secondary N) is 1. The zero-order chi connectivity index (χ0) is 11.3. The molecule has 1 heterocycles. The molecule has 2 nitrogen and oxygen atoms in total. The van der Waals surface area contributed by atoms with E-state index >= 15 is 0 Å². The molecule has 1 N–H and O–H groups in total. The van der Waals surface area contributed by atoms with Crippen molar-refractivity contribution in [2.24, 2.45) is 11.8 Å². The maximum Gasteiger partial charge on any atom is 0.0509 e. The number of ether oxygens (including phenoxy) is 1. The van der Waals surface area contributed by atoms with Gasteiger partial charge in [-0.05, 0) is 44.9 Å². The van der Waals surface area contributed by atoms with E-state index < -0.39 is 0 Å². The van der Waals surface area contributed by atoms with E-state index in [1.54, 1.807) is 0 Å². The normalized spacial score (nSPS) is 25.8. The van der Waals surface area contributed by atoms with Crippen LogP contribution in [0.2, 0.25) is 0 Å². The van der Waals surface area contributed by atoms with Crippen LogP contribution in [0.5, 0.6) is 0 Å². The van der Waals surface area contributed by atoms with Crippen molar-refractivity contribution in [3.63, 3.8) is 0 Å². The molecule has 0 bridgehead atoms. The molecule has 1 saturated heterocycles. The quantitative estimate of drug-likeness (QED) is 0.732. The van der Waals surface area contributed by atoms with E-state index in [0.717, 1.165) is 25.0 Å². The maximum absolute atomic E-state index is 5.42. The lowest BCUT2D eigenvalue weighted by molar-refractivity contribution is 0.176. The molecule has 3 atom stereocenters. The van der Waals surface area contributed by atoms with Crippen LogP contribution >= 0.6 is 0 Å². The largest absolute Gasteiger partial charge is 0.381 e. The predicted molar refractivity (Wildman–Crippen MR) is 65.1 cm³/mol. The molecule has 3 unspecified atom stereocenters. The van der Waals surface area contributed by atoms with Gasteiger partial charge in [0.2, 0.25) is 0 Å². The molecule has 0 spiro atoms. The zero-order valence-corrected chi connectivity index (χ0v) is 10.8. The Hall–Kier alpha value is -0.0800. The minimum absolute atomic E-state index is 0.606. The molecule has 0 aromatic rings. The summed E-state index contributed by atoms with van der Waals surface area (Å²) in [5, 5.41) is 3.70. The molecule has 1 rings (SSSR count). The molecule has 0 aromatic heterocycles. The van der Waals surface area contributed by atoms with Gasteiger partial charge in [0, 0.05) is 18.7 Å². The first kappa shape index (κ1) is 13.0. The Balaban J connectivity index is 2.15. The highest BCUT2D eigenvalue weighted by atomic mass is 16.5. The second kappa shape index (κ2) is 6.49. The Morgan fingerprint density at radius 3 is 2.47 bits per heavy atom. The van der Waals surface area contributed by atoms with Gasteiger partial charge in [0.25, 0.3) is 0 Å². The van der Waals surface area contributed by atoms with Gasteiger partial charge in [-0.2, -0.15) is 0 Å². The highest BCUT2D eigenvalue weighted by molar-refractivity contribution is 4.78. The first-order chi connectivity index (χ1) is 7.09. The van der Waals surface area contributed by atoms with Gasteiger partial charge in [0.1, 0.15) is 0 Å². The first-order valence-corrected chi connectivity index (χ1v) is 6.43. The second-order valence-corrected chi connectivity index (χ2v) is 5.45. The van der Waals surface area contributed by atoms with Gasteiger partial charge in [-0.3, -0.25) is 0 Å². The summed E-state index contributed by atoms with van der Waals surface area (Å²) < 4.78 is 5.42. The van der Waals surface area contributed by atoms with Gasteiger partial charge in [0.05, 0.1) is 6.61 Å². The molecule has 0 aliphatic carbocycles. The fourth-order valence-corrected chi connectivity index (χ4v) is 2.20. The van der Waals surface area contributed by atoms with Crippen molar-refractivity contribution in [2.45, 2.75) is 59.0 Å². The fraction of sp³-hybridized carbons (Fsp3) is 1.00. The Labute approximate surface area is 94.8 Å². The minimum Gasteiger partial charge on any atom is -0.381 e. The first-order valence-electron chi connectivity index (χ1n) is 6.43. The Morgan fingerprint density at radius 1 is 1.20 bits per heavy atom. The molecule has 1 fully saturated rings. The van der Waals surface area contributed by atoms with Gasteiger partial charge in [-0.25, -0.2) is 0 Å². The van der Waals surface area contributed by atoms with E-state index in [0.29, 0.717) is 12.1 Å². The molecule has 2 heteroatoms. The predicted octanol–water partition coefficient (Wildman–Crippen LogP) is 2.83. The highest BCUT2D eigenvalue weighted by Gasteiger charge is 2.22. The summed E-state index contributed by atoms with van der Waals surface area (Å²) in [6, 6.07) is 1.25. The lowest BCUT2D eigenvalue weighted by Crippen LogP contribution is -2.39. The minimum atomic E-state index is 0.606. The molecular formula is C13H27NO. The van der Waals surface area contributed by atoms with Gasteiger partial charge >= 0.3 is 0 Å². The third-order valence-electron chi connectivity index (χ3n) is 3.40. The van der Waals surface area contributed by atoms with Gasteiger partial charge < -0.3 is 10.1 Å². The monoisotopic (exact) mass is 213 g/mol. The smallest absolute Gasteiger partial charge is 0.0509 e. The van der Waals surface area contributed by atoms with Crippen LogP contribution < -0.4 is 5.32 Å². The van der Waals surface area contributed by atoms with Crippen molar-refractivity contribution in [1.82, 2.24) is 5.32 Å². The van der Waals surface area contributed by atoms with Crippen LogP contribution in [0.25, 0.3) is 0 Å². The summed E-state index contributed by atoms with van der Waals surface area (Å²) in [6.07, 6.45) is 3.84. The Kier molecular flexibility index (Phi) is 5.62. The number of hydrogen-bond acceptors (Lipinski definition) is 2. The number of hydrogen-bond donors (Lipinski definition) is 1. The lowest BCUT2D eigenvalue weighted by Gasteiger charge is -2.24. The molecular weight excluding hydrogens is 186 g/mol. The summed E-state index contributed by atoms with van der Waals surface area (Å²) in [5.41, 5.74) is 0. The SMILES string of the molecule is CC(C)CCC(C)NC(C)C1CCOC1. The van der Waals surface area contributed by atoms with Crippen molar-refractivity contribution < 1.29 is 4.74 Å². The van der Waals surface area contributed by atoms with Crippen molar-refractivity contribution >= 4 is 0 Å². The van der Waals surface area contributed by atoms with E-state index in [9.17, 15) is 0 Å². The van der Waals surface area contributed by atoms with Crippen molar-refractivity contribution in [1.29, 1.82) is 0 Å². The summed E-state index contributed by atoms with van der Waals surface area (Å²) >= 11 is 0. The van der Waals surface area contributed by atoms with Gasteiger partial charge in [0.15, 0.2) is 0 Å². The summed E-state index contributed by atoms with van der Waals surface area (Å²) in [5.74, 6) is 1.55. The third kappa shape index (κ3) is 4.98. The van der Waals surface area contributed by atoms with Crippen LogP contribution in [-0.2, 0) is 4.74 Å². The molecule has 15 heavy (non-hydrogen) atoms. The van der Waals surface area contributed by atoms with Crippen LogP contribution in [0.15, 0.2) is 0 Å². The summed E-state index contributed by atoms with van der Waals surface area (Å²) in [4.78, 5) is 0. The van der Waals surface area contributed by atoms with Crippen molar-refractivity contribution in [3.05, 3.63) is 0 Å². The Bertz CT molecular complexity index is 164. The molecule has 90 valence electrons. The van der Waals surface area contributed by atoms with Gasteiger partial charge in [-0.15, -0.1) is 0 Å². The van der Waals surface area contributed by atoms with Crippen LogP contribution in [-0.4, -0.2) is 25.3 Å². The van der Waals surface area contributed by atoms with E-state index in [1.807, 2.05) is 0 Å². The second-order valence-electron chi connectivity index (χ2n) is 5.45. The molecule has 1 aliphatic rings. The van der Waals surface area contributed by atoms with Crippen LogP contribution in [0.4, 0.5) is 0 Å². The van der Waals surface area contributed by atoms with Gasteiger partial charge in [-0.1, -0.05) is 13.8 Å². The molecule has 0 radical (unpaired) electrons. The third-order valence-corrected chi connectivity index (χ3v) is 3.40. The highest BCUT2D eigenvalue weighted by Crippen LogP contribution is 2.17. The zero-order valence-electron chi connectivity index (χ0n) is 10.8. The van der Waals surface area contributed by atoms with E-state index in [-0.39, 0.29) is 0 Å². The lowest BCUT2D eigenvalue weighted by atomic mass is 9.98.